The molecule has 2 aliphatic rings. The van der Waals surface area contributed by atoms with E-state index in [1.165, 1.54) is 7.11 Å². The van der Waals surface area contributed by atoms with E-state index >= 15 is 0 Å². The monoisotopic (exact) mass is 479 g/mol. The van der Waals surface area contributed by atoms with Gasteiger partial charge in [0.05, 0.1) is 36.3 Å². The Labute approximate surface area is 204 Å². The van der Waals surface area contributed by atoms with Gasteiger partial charge >= 0.3 is 12.1 Å². The van der Waals surface area contributed by atoms with Crippen molar-refractivity contribution in [3.8, 4) is 0 Å². The molecule has 2 atom stereocenters. The Morgan fingerprint density at radius 2 is 1.97 bits per heavy atom. The van der Waals surface area contributed by atoms with Gasteiger partial charge in [0.15, 0.2) is 0 Å². The van der Waals surface area contributed by atoms with Crippen molar-refractivity contribution < 1.29 is 19.4 Å². The van der Waals surface area contributed by atoms with Crippen molar-refractivity contribution in [2.45, 2.75) is 76.9 Å². The van der Waals surface area contributed by atoms with Crippen molar-refractivity contribution in [2.24, 2.45) is 5.92 Å². The molecule has 0 radical (unpaired) electrons. The fourth-order valence-corrected chi connectivity index (χ4v) is 5.88. The summed E-state index contributed by atoms with van der Waals surface area (Å²) in [7, 11) is 1.42. The number of fused-ring (bicyclic) bond motifs is 3. The normalized spacial score (nSPS) is 23.2. The molecular formula is C26H33N5O4. The smallest absolute Gasteiger partial charge is 0.414 e. The third-order valence-corrected chi connectivity index (χ3v) is 7.73. The first-order valence-corrected chi connectivity index (χ1v) is 12.5. The minimum Gasteiger partial charge on any atom is -0.481 e. The Hall–Kier alpha value is -3.36. The molecule has 9 nitrogen and oxygen atoms in total. The number of imidazole rings is 1. The maximum Gasteiger partial charge on any atom is 0.414 e. The molecule has 2 unspecified atom stereocenters. The fraction of sp³-hybridized carbons (Fsp3) is 0.538. The molecule has 186 valence electrons. The first kappa shape index (κ1) is 23.4. The Balaban J connectivity index is 1.60. The molecule has 1 aromatic carbocycles. The van der Waals surface area contributed by atoms with E-state index in [0.29, 0.717) is 19.4 Å². The second-order valence-corrected chi connectivity index (χ2v) is 9.97. The van der Waals surface area contributed by atoms with Crippen molar-refractivity contribution >= 4 is 28.8 Å². The SMILES string of the molecule is COC(=O)N1c2ccc3c(nc(C(C)Cn4cccn4)n3C3CCC(C(=O)O)CC3)c2CCC1C. The lowest BCUT2D eigenvalue weighted by molar-refractivity contribution is -0.143. The highest BCUT2D eigenvalue weighted by atomic mass is 16.5. The van der Waals surface area contributed by atoms with E-state index in [0.717, 1.165) is 53.8 Å². The topological polar surface area (TPSA) is 102 Å². The highest BCUT2D eigenvalue weighted by molar-refractivity contribution is 5.95. The zero-order valence-corrected chi connectivity index (χ0v) is 20.6. The predicted molar refractivity (Wildman–Crippen MR) is 132 cm³/mol. The van der Waals surface area contributed by atoms with Crippen molar-refractivity contribution in [1.82, 2.24) is 19.3 Å². The van der Waals surface area contributed by atoms with Gasteiger partial charge in [-0.25, -0.2) is 9.78 Å². The number of carboxylic acids is 1. The predicted octanol–water partition coefficient (Wildman–Crippen LogP) is 4.76. The van der Waals surface area contributed by atoms with Gasteiger partial charge in [-0.05, 0) is 63.6 Å². The van der Waals surface area contributed by atoms with Crippen LogP contribution in [0.1, 0.15) is 69.3 Å². The molecule has 5 rings (SSSR count). The quantitative estimate of drug-likeness (QED) is 0.566. The van der Waals surface area contributed by atoms with Gasteiger partial charge in [-0.3, -0.25) is 14.4 Å². The molecule has 1 saturated carbocycles. The molecule has 35 heavy (non-hydrogen) atoms. The zero-order valence-electron chi connectivity index (χ0n) is 20.6. The van der Waals surface area contributed by atoms with Gasteiger partial charge in [0, 0.05) is 36.0 Å². The number of carbonyl (C=O) groups is 2. The first-order chi connectivity index (χ1) is 16.9. The summed E-state index contributed by atoms with van der Waals surface area (Å²) in [4.78, 5) is 31.1. The summed E-state index contributed by atoms with van der Waals surface area (Å²) in [6, 6.07) is 6.26. The number of aromatic nitrogens is 4. The lowest BCUT2D eigenvalue weighted by atomic mass is 9.85. The number of hydrogen-bond acceptors (Lipinski definition) is 5. The van der Waals surface area contributed by atoms with Gasteiger partial charge in [-0.1, -0.05) is 6.92 Å². The largest absolute Gasteiger partial charge is 0.481 e. The van der Waals surface area contributed by atoms with Crippen LogP contribution in [0.3, 0.4) is 0 Å². The zero-order chi connectivity index (χ0) is 24.7. The summed E-state index contributed by atoms with van der Waals surface area (Å²) in [6.07, 6.45) is 8.04. The number of anilines is 1. The summed E-state index contributed by atoms with van der Waals surface area (Å²) < 4.78 is 9.36. The van der Waals surface area contributed by atoms with E-state index in [2.05, 4.69) is 22.7 Å². The summed E-state index contributed by atoms with van der Waals surface area (Å²) in [5.41, 5.74) is 3.94. The second kappa shape index (κ2) is 9.36. The molecule has 0 bridgehead atoms. The van der Waals surface area contributed by atoms with Crippen LogP contribution in [-0.2, 0) is 22.5 Å². The maximum absolute atomic E-state index is 12.6. The number of rotatable bonds is 5. The molecule has 1 aliphatic heterocycles. The average molecular weight is 480 g/mol. The van der Waals surface area contributed by atoms with Crippen molar-refractivity contribution in [2.75, 3.05) is 12.0 Å². The van der Waals surface area contributed by atoms with Crippen molar-refractivity contribution in [1.29, 1.82) is 0 Å². The van der Waals surface area contributed by atoms with Crippen LogP contribution in [0.2, 0.25) is 0 Å². The van der Waals surface area contributed by atoms with Gasteiger partial charge in [0.1, 0.15) is 5.82 Å². The van der Waals surface area contributed by atoms with E-state index in [9.17, 15) is 14.7 Å². The summed E-state index contributed by atoms with van der Waals surface area (Å²) in [5, 5.41) is 13.9. The minimum absolute atomic E-state index is 0.0546. The van der Waals surface area contributed by atoms with Crippen LogP contribution in [0.25, 0.3) is 11.0 Å². The fourth-order valence-electron chi connectivity index (χ4n) is 5.88. The number of carbonyl (C=O) groups excluding carboxylic acids is 1. The summed E-state index contributed by atoms with van der Waals surface area (Å²) in [5.74, 6) is 0.131. The molecule has 3 aromatic rings. The van der Waals surface area contributed by atoms with Gasteiger partial charge in [0.25, 0.3) is 0 Å². The molecule has 3 heterocycles. The van der Waals surface area contributed by atoms with E-state index in [4.69, 9.17) is 9.72 Å². The van der Waals surface area contributed by atoms with E-state index in [-0.39, 0.29) is 30.0 Å². The van der Waals surface area contributed by atoms with Gasteiger partial charge < -0.3 is 14.4 Å². The highest BCUT2D eigenvalue weighted by Gasteiger charge is 2.34. The van der Waals surface area contributed by atoms with Gasteiger partial charge in [0.2, 0.25) is 0 Å². The standard InChI is InChI=1S/C26H33N5O4/c1-16(15-29-14-4-13-27-29)24-28-23-20-10-5-17(2)30(26(34)35-3)21(20)11-12-22(23)31(24)19-8-6-18(7-9-19)25(32)33/h4,11-14,16-19H,5-10,15H2,1-3H3,(H,32,33). The van der Waals surface area contributed by atoms with Gasteiger partial charge in [-0.2, -0.15) is 5.10 Å². The molecule has 1 N–H and O–H groups in total. The number of nitrogens with zero attached hydrogens (tertiary/aromatic N) is 5. The van der Waals surface area contributed by atoms with Crippen molar-refractivity contribution in [3.63, 3.8) is 0 Å². The molecule has 1 aliphatic carbocycles. The lowest BCUT2D eigenvalue weighted by Crippen LogP contribution is -2.42. The Morgan fingerprint density at radius 3 is 2.63 bits per heavy atom. The van der Waals surface area contributed by atoms with Crippen molar-refractivity contribution in [3.05, 3.63) is 42.0 Å². The minimum atomic E-state index is -0.697. The van der Waals surface area contributed by atoms with E-state index < -0.39 is 5.97 Å². The molecule has 9 heteroatoms. The van der Waals surface area contributed by atoms with Crippen LogP contribution in [0.15, 0.2) is 30.6 Å². The number of methoxy groups -OCH3 is 1. The van der Waals surface area contributed by atoms with Crippen LogP contribution in [-0.4, -0.2) is 49.7 Å². The molecule has 1 amide bonds. The lowest BCUT2D eigenvalue weighted by Gasteiger charge is -2.34. The molecular weight excluding hydrogens is 446 g/mol. The average Bonchev–Trinajstić information content (AvgIpc) is 3.51. The number of aryl methyl sites for hydroxylation is 1. The number of carboxylic acid groups (broad SMARTS) is 1. The molecule has 0 saturated heterocycles. The number of benzene rings is 1. The molecule has 1 fully saturated rings. The molecule has 2 aromatic heterocycles. The maximum atomic E-state index is 12.6. The van der Waals surface area contributed by atoms with E-state index in [1.54, 1.807) is 11.1 Å². The summed E-state index contributed by atoms with van der Waals surface area (Å²) >= 11 is 0. The Bertz CT molecular complexity index is 1230. The Kier molecular flexibility index (Phi) is 6.25. The third kappa shape index (κ3) is 4.17. The van der Waals surface area contributed by atoms with Crippen LogP contribution >= 0.6 is 0 Å². The second-order valence-electron chi connectivity index (χ2n) is 9.97. The number of ether oxygens (including phenoxy) is 1. The number of aliphatic carboxylic acids is 1. The number of amides is 1. The summed E-state index contributed by atoms with van der Waals surface area (Å²) in [6.45, 7) is 4.91. The van der Waals surface area contributed by atoms with Crippen LogP contribution in [0.4, 0.5) is 10.5 Å². The van der Waals surface area contributed by atoms with Gasteiger partial charge in [-0.15, -0.1) is 0 Å². The molecule has 0 spiro atoms. The first-order valence-electron chi connectivity index (χ1n) is 12.5. The highest BCUT2D eigenvalue weighted by Crippen LogP contribution is 2.41. The van der Waals surface area contributed by atoms with Crippen LogP contribution in [0, 0.1) is 5.92 Å². The van der Waals surface area contributed by atoms with E-state index in [1.807, 2.05) is 29.9 Å². The third-order valence-electron chi connectivity index (χ3n) is 7.73. The number of hydrogen-bond donors (Lipinski definition) is 1. The van der Waals surface area contributed by atoms with Crippen LogP contribution in [0.5, 0.6) is 0 Å². The Morgan fingerprint density at radius 1 is 1.20 bits per heavy atom. The van der Waals surface area contributed by atoms with Crippen LogP contribution < -0.4 is 4.90 Å².